The zero-order chi connectivity index (χ0) is 23.4. The fourth-order valence-corrected chi connectivity index (χ4v) is 4.39. The van der Waals surface area contributed by atoms with Crippen LogP contribution in [-0.2, 0) is 19.6 Å². The fraction of sp³-hybridized carbons (Fsp3) is 0.444. The average Bonchev–Trinajstić information content (AvgIpc) is 2.89. The second-order valence-corrected chi connectivity index (χ2v) is 9.02. The van der Waals surface area contributed by atoms with E-state index in [0.29, 0.717) is 18.9 Å². The number of pyridine rings is 1. The van der Waals surface area contributed by atoms with Crippen LogP contribution in [0, 0.1) is 0 Å². The first kappa shape index (κ1) is 24.1. The minimum atomic E-state index is -0.133. The van der Waals surface area contributed by atoms with Crippen molar-refractivity contribution in [2.75, 3.05) is 18.4 Å². The Kier molecular flexibility index (Phi) is 9.22. The van der Waals surface area contributed by atoms with Crippen molar-refractivity contribution in [2.24, 2.45) is 0 Å². The molecule has 7 nitrogen and oxygen atoms in total. The summed E-state index contributed by atoms with van der Waals surface area (Å²) < 4.78 is 1.68. The van der Waals surface area contributed by atoms with Gasteiger partial charge in [0.1, 0.15) is 0 Å². The Bertz CT molecular complexity index is 1040. The summed E-state index contributed by atoms with van der Waals surface area (Å²) in [7, 11) is 0. The minimum absolute atomic E-state index is 0.133. The predicted molar refractivity (Wildman–Crippen MR) is 137 cm³/mol. The van der Waals surface area contributed by atoms with E-state index in [1.165, 1.54) is 37.7 Å². The van der Waals surface area contributed by atoms with Gasteiger partial charge < -0.3 is 20.5 Å². The van der Waals surface area contributed by atoms with Crippen LogP contribution in [0.5, 0.6) is 0 Å². The highest BCUT2D eigenvalue weighted by molar-refractivity contribution is 5.32. The molecule has 0 spiro atoms. The van der Waals surface area contributed by atoms with Crippen LogP contribution >= 0.6 is 0 Å². The highest BCUT2D eigenvalue weighted by atomic mass is 16.1. The van der Waals surface area contributed by atoms with E-state index in [2.05, 4.69) is 50.2 Å². The smallest absolute Gasteiger partial charge is 0.293 e. The molecule has 0 unspecified atom stereocenters. The summed E-state index contributed by atoms with van der Waals surface area (Å²) in [5.41, 5.74) is 3.07. The first-order chi connectivity index (χ1) is 16.8. The van der Waals surface area contributed by atoms with Gasteiger partial charge in [0.25, 0.3) is 5.56 Å². The molecule has 180 valence electrons. The molecule has 3 N–H and O–H groups in total. The van der Waals surface area contributed by atoms with Crippen LogP contribution in [0.2, 0.25) is 0 Å². The third-order valence-electron chi connectivity index (χ3n) is 6.35. The number of benzene rings is 1. The molecule has 4 rings (SSSR count). The molecule has 1 aliphatic carbocycles. The molecular formula is C27H36N6O. The largest absolute Gasteiger partial charge is 0.360 e. The van der Waals surface area contributed by atoms with Crippen molar-refractivity contribution in [1.29, 1.82) is 0 Å². The van der Waals surface area contributed by atoms with Crippen LogP contribution in [0.4, 0.5) is 5.82 Å². The molecule has 0 amide bonds. The van der Waals surface area contributed by atoms with E-state index < -0.39 is 0 Å². The van der Waals surface area contributed by atoms with E-state index in [0.717, 1.165) is 43.4 Å². The monoisotopic (exact) mass is 460 g/mol. The van der Waals surface area contributed by atoms with Gasteiger partial charge in [-0.25, -0.2) is 4.98 Å². The Labute approximate surface area is 202 Å². The van der Waals surface area contributed by atoms with Crippen LogP contribution in [0.1, 0.15) is 55.3 Å². The third-order valence-corrected chi connectivity index (χ3v) is 6.35. The van der Waals surface area contributed by atoms with E-state index >= 15 is 0 Å². The number of nitrogens with one attached hydrogen (secondary N) is 3. The molecule has 0 radical (unpaired) electrons. The molecule has 0 bridgehead atoms. The van der Waals surface area contributed by atoms with Gasteiger partial charge in [0.2, 0.25) is 0 Å². The Balaban J connectivity index is 1.20. The topological polar surface area (TPSA) is 83.9 Å². The van der Waals surface area contributed by atoms with Gasteiger partial charge in [-0.05, 0) is 55.6 Å². The molecule has 1 fully saturated rings. The van der Waals surface area contributed by atoms with Crippen molar-refractivity contribution >= 4 is 5.82 Å². The van der Waals surface area contributed by atoms with Gasteiger partial charge in [-0.15, -0.1) is 0 Å². The van der Waals surface area contributed by atoms with Gasteiger partial charge in [-0.3, -0.25) is 9.78 Å². The summed E-state index contributed by atoms with van der Waals surface area (Å²) in [4.78, 5) is 21.3. The molecule has 2 heterocycles. The SMILES string of the molecule is O=c1c(NCc2ccccn2)nccn1Cc1ccc(CNCCCNC2CCCCC2)cc1. The van der Waals surface area contributed by atoms with Crippen molar-refractivity contribution in [1.82, 2.24) is 25.2 Å². The maximum absolute atomic E-state index is 12.8. The van der Waals surface area contributed by atoms with E-state index in [1.54, 1.807) is 23.2 Å². The second-order valence-electron chi connectivity index (χ2n) is 9.02. The molecule has 1 aliphatic rings. The first-order valence-corrected chi connectivity index (χ1v) is 12.5. The van der Waals surface area contributed by atoms with Crippen LogP contribution < -0.4 is 21.5 Å². The maximum Gasteiger partial charge on any atom is 0.293 e. The Morgan fingerprint density at radius 2 is 1.71 bits per heavy atom. The number of anilines is 1. The maximum atomic E-state index is 12.8. The Morgan fingerprint density at radius 1 is 0.882 bits per heavy atom. The highest BCUT2D eigenvalue weighted by Gasteiger charge is 2.11. The summed E-state index contributed by atoms with van der Waals surface area (Å²) in [6, 6.07) is 14.9. The van der Waals surface area contributed by atoms with E-state index in [-0.39, 0.29) is 5.56 Å². The lowest BCUT2D eigenvalue weighted by molar-refractivity contribution is 0.371. The van der Waals surface area contributed by atoms with Gasteiger partial charge in [-0.2, -0.15) is 0 Å². The van der Waals surface area contributed by atoms with E-state index in [4.69, 9.17) is 0 Å². The number of hydrogen-bond acceptors (Lipinski definition) is 6. The first-order valence-electron chi connectivity index (χ1n) is 12.5. The van der Waals surface area contributed by atoms with E-state index in [9.17, 15) is 4.79 Å². The van der Waals surface area contributed by atoms with Crippen molar-refractivity contribution in [3.63, 3.8) is 0 Å². The molecular weight excluding hydrogens is 424 g/mol. The molecule has 34 heavy (non-hydrogen) atoms. The van der Waals surface area contributed by atoms with Gasteiger partial charge >= 0.3 is 0 Å². The quantitative estimate of drug-likeness (QED) is 0.358. The molecule has 0 atom stereocenters. The Hall–Kier alpha value is -3.03. The number of aromatic nitrogens is 3. The summed E-state index contributed by atoms with van der Waals surface area (Å²) in [5, 5.41) is 10.3. The van der Waals surface area contributed by atoms with Crippen molar-refractivity contribution in [3.05, 3.63) is 88.2 Å². The van der Waals surface area contributed by atoms with E-state index in [1.807, 2.05) is 18.2 Å². The fourth-order valence-electron chi connectivity index (χ4n) is 4.39. The van der Waals surface area contributed by atoms with Gasteiger partial charge in [-0.1, -0.05) is 49.6 Å². The zero-order valence-corrected chi connectivity index (χ0v) is 19.9. The number of hydrogen-bond donors (Lipinski definition) is 3. The lowest BCUT2D eigenvalue weighted by Gasteiger charge is -2.22. The number of nitrogens with zero attached hydrogens (tertiary/aromatic N) is 3. The third kappa shape index (κ3) is 7.50. The predicted octanol–water partition coefficient (Wildman–Crippen LogP) is 3.70. The summed E-state index contributed by atoms with van der Waals surface area (Å²) >= 11 is 0. The lowest BCUT2D eigenvalue weighted by Crippen LogP contribution is -2.33. The molecule has 0 aliphatic heterocycles. The molecule has 2 aromatic heterocycles. The normalized spacial score (nSPS) is 14.2. The molecule has 7 heteroatoms. The van der Waals surface area contributed by atoms with Gasteiger partial charge in [0, 0.05) is 31.2 Å². The van der Waals surface area contributed by atoms with Gasteiger partial charge in [0.15, 0.2) is 5.82 Å². The van der Waals surface area contributed by atoms with Crippen molar-refractivity contribution in [2.45, 2.75) is 64.2 Å². The van der Waals surface area contributed by atoms with Crippen molar-refractivity contribution in [3.8, 4) is 0 Å². The Morgan fingerprint density at radius 3 is 2.50 bits per heavy atom. The van der Waals surface area contributed by atoms with Crippen LogP contribution in [0.25, 0.3) is 0 Å². The molecule has 3 aromatic rings. The van der Waals surface area contributed by atoms with Crippen LogP contribution in [0.3, 0.4) is 0 Å². The standard InChI is InChI=1S/C27H36N6O/c34-27-26(32-20-25-9-4-5-15-30-25)31-17-18-33(27)21-23-12-10-22(11-13-23)19-28-14-6-16-29-24-7-2-1-3-8-24/h4-5,9-13,15,17-18,24,28-29H,1-3,6-8,14,16,19-21H2,(H,31,32). The minimum Gasteiger partial charge on any atom is -0.360 e. The second kappa shape index (κ2) is 13.0. The summed E-state index contributed by atoms with van der Waals surface area (Å²) in [6.45, 7) is 3.95. The molecule has 1 saturated carbocycles. The van der Waals surface area contributed by atoms with Gasteiger partial charge in [0.05, 0.1) is 18.8 Å². The molecule has 0 saturated heterocycles. The zero-order valence-electron chi connectivity index (χ0n) is 19.9. The summed E-state index contributed by atoms with van der Waals surface area (Å²) in [6.07, 6.45) is 13.1. The van der Waals surface area contributed by atoms with Crippen LogP contribution in [0.15, 0.2) is 65.8 Å². The lowest BCUT2D eigenvalue weighted by atomic mass is 9.95. The number of rotatable bonds is 12. The molecule has 1 aromatic carbocycles. The summed E-state index contributed by atoms with van der Waals surface area (Å²) in [5.74, 6) is 0.340. The van der Waals surface area contributed by atoms with Crippen molar-refractivity contribution < 1.29 is 0 Å². The van der Waals surface area contributed by atoms with Crippen LogP contribution in [-0.4, -0.2) is 33.7 Å². The highest BCUT2D eigenvalue weighted by Crippen LogP contribution is 2.17. The average molecular weight is 461 g/mol.